The fourth-order valence-corrected chi connectivity index (χ4v) is 2.29. The Balaban J connectivity index is 2.10. The average Bonchev–Trinajstić information content (AvgIpc) is 2.77. The van der Waals surface area contributed by atoms with Gasteiger partial charge in [-0.3, -0.25) is 0 Å². The summed E-state index contributed by atoms with van der Waals surface area (Å²) in [6.45, 7) is 4.16. The third kappa shape index (κ3) is 2.07. The fourth-order valence-electron chi connectivity index (χ4n) is 2.29. The maximum absolute atomic E-state index is 13.7. The highest BCUT2D eigenvalue weighted by Gasteiger charge is 2.11. The van der Waals surface area contributed by atoms with E-state index in [2.05, 4.69) is 4.98 Å². The summed E-state index contributed by atoms with van der Waals surface area (Å²) in [5.41, 5.74) is 4.07. The van der Waals surface area contributed by atoms with Crippen LogP contribution in [0.1, 0.15) is 16.7 Å². The van der Waals surface area contributed by atoms with E-state index in [1.165, 1.54) is 18.2 Å². The van der Waals surface area contributed by atoms with E-state index >= 15 is 0 Å². The van der Waals surface area contributed by atoms with Crippen LogP contribution in [0, 0.1) is 25.5 Å². The van der Waals surface area contributed by atoms with Crippen LogP contribution in [0.15, 0.2) is 36.7 Å². The van der Waals surface area contributed by atoms with Crippen molar-refractivity contribution in [3.8, 4) is 0 Å². The van der Waals surface area contributed by atoms with Gasteiger partial charge in [-0.1, -0.05) is 6.07 Å². The second kappa shape index (κ2) is 4.71. The Morgan fingerprint density at radius 1 is 1.05 bits per heavy atom. The van der Waals surface area contributed by atoms with Gasteiger partial charge in [-0.25, -0.2) is 13.8 Å². The Labute approximate surface area is 115 Å². The van der Waals surface area contributed by atoms with Crippen molar-refractivity contribution in [2.45, 2.75) is 20.4 Å². The zero-order valence-electron chi connectivity index (χ0n) is 11.3. The second-order valence-electron chi connectivity index (χ2n) is 5.00. The molecular formula is C16H14F2N2. The maximum atomic E-state index is 13.7. The van der Waals surface area contributed by atoms with Gasteiger partial charge < -0.3 is 4.57 Å². The number of aryl methyl sites for hydroxylation is 2. The quantitative estimate of drug-likeness (QED) is 0.690. The molecule has 1 aromatic heterocycles. The topological polar surface area (TPSA) is 17.8 Å². The molecule has 102 valence electrons. The van der Waals surface area contributed by atoms with E-state index < -0.39 is 11.6 Å². The lowest BCUT2D eigenvalue weighted by atomic mass is 10.1. The number of aromatic nitrogens is 2. The molecule has 0 saturated carbocycles. The SMILES string of the molecule is Cc1cc2ncn(Cc3c(F)cccc3F)c2cc1C. The van der Waals surface area contributed by atoms with Crippen LogP contribution >= 0.6 is 0 Å². The Kier molecular flexibility index (Phi) is 3.01. The van der Waals surface area contributed by atoms with E-state index in [-0.39, 0.29) is 12.1 Å². The molecule has 3 rings (SSSR count). The van der Waals surface area contributed by atoms with Gasteiger partial charge in [0.05, 0.1) is 23.9 Å². The van der Waals surface area contributed by atoms with Gasteiger partial charge in [-0.2, -0.15) is 0 Å². The maximum Gasteiger partial charge on any atom is 0.131 e. The van der Waals surface area contributed by atoms with Gasteiger partial charge in [-0.15, -0.1) is 0 Å². The molecular weight excluding hydrogens is 258 g/mol. The number of rotatable bonds is 2. The standard InChI is InChI=1S/C16H14F2N2/c1-10-6-15-16(7-11(10)2)20(9-19-15)8-12-13(17)4-3-5-14(12)18/h3-7,9H,8H2,1-2H3. The van der Waals surface area contributed by atoms with Crippen molar-refractivity contribution < 1.29 is 8.78 Å². The van der Waals surface area contributed by atoms with Crippen LogP contribution in [0.5, 0.6) is 0 Å². The highest BCUT2D eigenvalue weighted by Crippen LogP contribution is 2.21. The summed E-state index contributed by atoms with van der Waals surface area (Å²) in [6, 6.07) is 7.89. The molecule has 0 radical (unpaired) electrons. The summed E-state index contributed by atoms with van der Waals surface area (Å²) in [5.74, 6) is -1.06. The van der Waals surface area contributed by atoms with Crippen LogP contribution < -0.4 is 0 Å². The Morgan fingerprint density at radius 3 is 2.40 bits per heavy atom. The number of hydrogen-bond donors (Lipinski definition) is 0. The molecule has 4 heteroatoms. The molecule has 0 N–H and O–H groups in total. The second-order valence-corrected chi connectivity index (χ2v) is 5.00. The van der Waals surface area contributed by atoms with E-state index in [0.29, 0.717) is 0 Å². The molecule has 2 aromatic carbocycles. The minimum atomic E-state index is -0.532. The number of hydrogen-bond acceptors (Lipinski definition) is 1. The van der Waals surface area contributed by atoms with E-state index in [1.807, 2.05) is 26.0 Å². The minimum absolute atomic E-state index is 0.0602. The molecule has 0 saturated heterocycles. The van der Waals surface area contributed by atoms with Crippen molar-refractivity contribution in [2.24, 2.45) is 0 Å². The van der Waals surface area contributed by atoms with Crippen LogP contribution in [0.3, 0.4) is 0 Å². The zero-order chi connectivity index (χ0) is 14.3. The van der Waals surface area contributed by atoms with Gasteiger partial charge in [0.15, 0.2) is 0 Å². The molecule has 0 atom stereocenters. The molecule has 0 fully saturated rings. The molecule has 0 aliphatic carbocycles. The highest BCUT2D eigenvalue weighted by atomic mass is 19.1. The smallest absolute Gasteiger partial charge is 0.131 e. The molecule has 0 bridgehead atoms. The summed E-state index contributed by atoms with van der Waals surface area (Å²) >= 11 is 0. The van der Waals surface area contributed by atoms with Gasteiger partial charge >= 0.3 is 0 Å². The zero-order valence-corrected chi connectivity index (χ0v) is 11.3. The van der Waals surface area contributed by atoms with Crippen LogP contribution in [-0.4, -0.2) is 9.55 Å². The molecule has 2 nitrogen and oxygen atoms in total. The van der Waals surface area contributed by atoms with E-state index in [1.54, 1.807) is 10.9 Å². The van der Waals surface area contributed by atoms with E-state index in [9.17, 15) is 8.78 Å². The molecule has 3 aromatic rings. The number of imidazole rings is 1. The third-order valence-electron chi connectivity index (χ3n) is 3.63. The van der Waals surface area contributed by atoms with E-state index in [0.717, 1.165) is 22.2 Å². The number of benzene rings is 2. The van der Waals surface area contributed by atoms with Gasteiger partial charge in [0.25, 0.3) is 0 Å². The molecule has 0 aliphatic heterocycles. The monoisotopic (exact) mass is 272 g/mol. The first-order valence-electron chi connectivity index (χ1n) is 6.41. The summed E-state index contributed by atoms with van der Waals surface area (Å²) in [5, 5.41) is 0. The predicted octanol–water partition coefficient (Wildman–Crippen LogP) is 3.98. The fraction of sp³-hybridized carbons (Fsp3) is 0.188. The lowest BCUT2D eigenvalue weighted by Crippen LogP contribution is -2.03. The van der Waals surface area contributed by atoms with Crippen molar-refractivity contribution in [1.29, 1.82) is 0 Å². The van der Waals surface area contributed by atoms with Crippen LogP contribution in [0.4, 0.5) is 8.78 Å². The average molecular weight is 272 g/mol. The third-order valence-corrected chi connectivity index (χ3v) is 3.63. The lowest BCUT2D eigenvalue weighted by molar-refractivity contribution is 0.546. The Hall–Kier alpha value is -2.23. The molecule has 0 spiro atoms. The predicted molar refractivity (Wildman–Crippen MR) is 74.7 cm³/mol. The first-order valence-corrected chi connectivity index (χ1v) is 6.41. The van der Waals surface area contributed by atoms with Gasteiger partial charge in [0.2, 0.25) is 0 Å². The summed E-state index contributed by atoms with van der Waals surface area (Å²) in [7, 11) is 0. The normalized spacial score (nSPS) is 11.2. The Morgan fingerprint density at radius 2 is 1.70 bits per heavy atom. The number of halogens is 2. The van der Waals surface area contributed by atoms with Crippen LogP contribution in [-0.2, 0) is 6.54 Å². The first-order chi connectivity index (χ1) is 9.56. The van der Waals surface area contributed by atoms with Gasteiger partial charge in [0, 0.05) is 5.56 Å². The molecule has 0 unspecified atom stereocenters. The summed E-state index contributed by atoms with van der Waals surface area (Å²) < 4.78 is 29.2. The first kappa shape index (κ1) is 12.8. The van der Waals surface area contributed by atoms with E-state index in [4.69, 9.17) is 0 Å². The molecule has 20 heavy (non-hydrogen) atoms. The van der Waals surface area contributed by atoms with Crippen molar-refractivity contribution in [3.05, 3.63) is 65.0 Å². The molecule has 0 aliphatic rings. The largest absolute Gasteiger partial charge is 0.326 e. The lowest BCUT2D eigenvalue weighted by Gasteiger charge is -2.08. The van der Waals surface area contributed by atoms with Crippen LogP contribution in [0.25, 0.3) is 11.0 Å². The van der Waals surface area contributed by atoms with Crippen molar-refractivity contribution in [2.75, 3.05) is 0 Å². The number of fused-ring (bicyclic) bond motifs is 1. The molecule has 0 amide bonds. The van der Waals surface area contributed by atoms with Crippen molar-refractivity contribution in [1.82, 2.24) is 9.55 Å². The van der Waals surface area contributed by atoms with Gasteiger partial charge in [0.1, 0.15) is 11.6 Å². The Bertz CT molecular complexity index is 770. The summed E-state index contributed by atoms with van der Waals surface area (Å²) in [4.78, 5) is 4.29. The van der Waals surface area contributed by atoms with Crippen molar-refractivity contribution >= 4 is 11.0 Å². The van der Waals surface area contributed by atoms with Crippen LogP contribution in [0.2, 0.25) is 0 Å². The molecule has 1 heterocycles. The number of nitrogens with zero attached hydrogens (tertiary/aromatic N) is 2. The van der Waals surface area contributed by atoms with Gasteiger partial charge in [-0.05, 0) is 49.2 Å². The minimum Gasteiger partial charge on any atom is -0.326 e. The highest BCUT2D eigenvalue weighted by molar-refractivity contribution is 5.77. The van der Waals surface area contributed by atoms with Crippen molar-refractivity contribution in [3.63, 3.8) is 0 Å². The summed E-state index contributed by atoms with van der Waals surface area (Å²) in [6.07, 6.45) is 1.62.